The maximum Gasteiger partial charge on any atom is 0.0762 e. The Hall–Kier alpha value is -0.440. The third kappa shape index (κ3) is 1.51. The lowest BCUT2D eigenvalue weighted by atomic mass is 9.82. The monoisotopic (exact) mass is 184 g/mol. The van der Waals surface area contributed by atoms with Crippen LogP contribution in [0.5, 0.6) is 0 Å². The van der Waals surface area contributed by atoms with E-state index in [0.717, 1.165) is 18.5 Å². The van der Waals surface area contributed by atoms with E-state index >= 15 is 0 Å². The summed E-state index contributed by atoms with van der Waals surface area (Å²) in [7, 11) is 0. The Morgan fingerprint density at radius 3 is 2.25 bits per heavy atom. The number of aryl methyl sites for hydroxylation is 1. The second-order valence-electron chi connectivity index (χ2n) is 3.46. The van der Waals surface area contributed by atoms with Gasteiger partial charge in [-0.3, -0.25) is 0 Å². The second kappa shape index (κ2) is 3.52. The fraction of sp³-hybridized carbons (Fsp3) is 0.778. The first-order valence-corrected chi connectivity index (χ1v) is 5.21. The highest BCUT2D eigenvalue weighted by Gasteiger charge is 2.26. The van der Waals surface area contributed by atoms with E-state index in [-0.39, 0.29) is 5.41 Å². The van der Waals surface area contributed by atoms with Crippen molar-refractivity contribution in [2.75, 3.05) is 0 Å². The molecule has 0 N–H and O–H groups in total. The summed E-state index contributed by atoms with van der Waals surface area (Å²) in [5, 5.41) is 4.05. The number of hydrogen-bond acceptors (Lipinski definition) is 3. The normalized spacial score (nSPS) is 12.0. The standard InChI is InChI=1S/C9H16N2S/c1-5-9(4,6-2)8-7(3)10-11-12-8/h5-6H2,1-4H3. The van der Waals surface area contributed by atoms with Crippen LogP contribution in [0.3, 0.4) is 0 Å². The van der Waals surface area contributed by atoms with Gasteiger partial charge in [-0.05, 0) is 31.3 Å². The summed E-state index contributed by atoms with van der Waals surface area (Å²) in [6.07, 6.45) is 2.32. The predicted octanol–water partition coefficient (Wildman–Crippen LogP) is 2.92. The molecule has 0 aliphatic carbocycles. The molecule has 1 aromatic heterocycles. The van der Waals surface area contributed by atoms with Crippen molar-refractivity contribution in [2.45, 2.75) is 46.0 Å². The molecule has 0 unspecified atom stereocenters. The van der Waals surface area contributed by atoms with E-state index in [1.165, 1.54) is 4.88 Å². The summed E-state index contributed by atoms with van der Waals surface area (Å²) >= 11 is 1.54. The minimum Gasteiger partial charge on any atom is -0.143 e. The Morgan fingerprint density at radius 1 is 1.33 bits per heavy atom. The molecule has 1 aromatic rings. The number of rotatable bonds is 3. The molecule has 0 saturated carbocycles. The van der Waals surface area contributed by atoms with Gasteiger partial charge in [0.25, 0.3) is 0 Å². The smallest absolute Gasteiger partial charge is 0.0762 e. The summed E-state index contributed by atoms with van der Waals surface area (Å²) in [4.78, 5) is 1.35. The van der Waals surface area contributed by atoms with Gasteiger partial charge in [0.2, 0.25) is 0 Å². The minimum atomic E-state index is 0.290. The molecular weight excluding hydrogens is 168 g/mol. The molecule has 1 rings (SSSR count). The highest BCUT2D eigenvalue weighted by molar-refractivity contribution is 7.05. The topological polar surface area (TPSA) is 25.8 Å². The Labute approximate surface area is 78.2 Å². The molecule has 68 valence electrons. The van der Waals surface area contributed by atoms with Gasteiger partial charge < -0.3 is 0 Å². The second-order valence-corrected chi connectivity index (χ2v) is 4.21. The van der Waals surface area contributed by atoms with Crippen LogP contribution in [0.2, 0.25) is 0 Å². The molecule has 0 aromatic carbocycles. The average molecular weight is 184 g/mol. The summed E-state index contributed by atoms with van der Waals surface area (Å²) in [6.45, 7) is 8.78. The molecule has 0 atom stereocenters. The zero-order chi connectivity index (χ0) is 9.19. The number of hydrogen-bond donors (Lipinski definition) is 0. The van der Waals surface area contributed by atoms with Crippen molar-refractivity contribution < 1.29 is 0 Å². The molecule has 0 aliphatic rings. The predicted molar refractivity (Wildman–Crippen MR) is 52.6 cm³/mol. The van der Waals surface area contributed by atoms with Gasteiger partial charge >= 0.3 is 0 Å². The molecule has 3 heteroatoms. The molecule has 0 fully saturated rings. The Bertz CT molecular complexity index is 251. The van der Waals surface area contributed by atoms with Crippen LogP contribution in [0.4, 0.5) is 0 Å². The summed E-state index contributed by atoms with van der Waals surface area (Å²) in [5.74, 6) is 0. The summed E-state index contributed by atoms with van der Waals surface area (Å²) in [6, 6.07) is 0. The Kier molecular flexibility index (Phi) is 2.83. The zero-order valence-corrected chi connectivity index (χ0v) is 9.03. The Morgan fingerprint density at radius 2 is 1.92 bits per heavy atom. The lowest BCUT2D eigenvalue weighted by Crippen LogP contribution is -2.18. The van der Waals surface area contributed by atoms with Gasteiger partial charge in [-0.2, -0.15) is 0 Å². The molecule has 0 spiro atoms. The van der Waals surface area contributed by atoms with Crippen molar-refractivity contribution in [2.24, 2.45) is 0 Å². The van der Waals surface area contributed by atoms with Crippen molar-refractivity contribution in [3.05, 3.63) is 10.6 Å². The highest BCUT2D eigenvalue weighted by atomic mass is 32.1. The van der Waals surface area contributed by atoms with Crippen molar-refractivity contribution in [3.8, 4) is 0 Å². The van der Waals surface area contributed by atoms with Crippen LogP contribution in [0, 0.1) is 6.92 Å². The van der Waals surface area contributed by atoms with Gasteiger partial charge in [0.15, 0.2) is 0 Å². The van der Waals surface area contributed by atoms with Crippen molar-refractivity contribution in [3.63, 3.8) is 0 Å². The summed E-state index contributed by atoms with van der Waals surface area (Å²) < 4.78 is 3.98. The quantitative estimate of drug-likeness (QED) is 0.722. The lowest BCUT2D eigenvalue weighted by Gasteiger charge is -2.24. The SMILES string of the molecule is CCC(C)(CC)c1snnc1C. The van der Waals surface area contributed by atoms with Crippen molar-refractivity contribution >= 4 is 11.5 Å². The van der Waals surface area contributed by atoms with Crippen LogP contribution < -0.4 is 0 Å². The van der Waals surface area contributed by atoms with E-state index in [0.29, 0.717) is 0 Å². The van der Waals surface area contributed by atoms with Gasteiger partial charge in [-0.1, -0.05) is 25.3 Å². The van der Waals surface area contributed by atoms with Crippen molar-refractivity contribution in [1.82, 2.24) is 9.59 Å². The third-order valence-electron chi connectivity index (χ3n) is 2.76. The molecule has 2 nitrogen and oxygen atoms in total. The number of aromatic nitrogens is 2. The van der Waals surface area contributed by atoms with Crippen LogP contribution in [0.15, 0.2) is 0 Å². The fourth-order valence-electron chi connectivity index (χ4n) is 1.35. The lowest BCUT2D eigenvalue weighted by molar-refractivity contribution is 0.445. The van der Waals surface area contributed by atoms with Gasteiger partial charge in [0, 0.05) is 5.41 Å². The van der Waals surface area contributed by atoms with E-state index in [2.05, 4.69) is 30.4 Å². The molecule has 0 radical (unpaired) electrons. The zero-order valence-electron chi connectivity index (χ0n) is 8.22. The number of nitrogens with zero attached hydrogens (tertiary/aromatic N) is 2. The van der Waals surface area contributed by atoms with Gasteiger partial charge in [-0.15, -0.1) is 5.10 Å². The highest BCUT2D eigenvalue weighted by Crippen LogP contribution is 2.34. The van der Waals surface area contributed by atoms with E-state index in [9.17, 15) is 0 Å². The van der Waals surface area contributed by atoms with Crippen LogP contribution in [0.25, 0.3) is 0 Å². The summed E-state index contributed by atoms with van der Waals surface area (Å²) in [5.41, 5.74) is 1.39. The largest absolute Gasteiger partial charge is 0.143 e. The molecular formula is C9H16N2S. The van der Waals surface area contributed by atoms with Crippen LogP contribution in [0.1, 0.15) is 44.2 Å². The molecule has 0 amide bonds. The van der Waals surface area contributed by atoms with Crippen molar-refractivity contribution in [1.29, 1.82) is 0 Å². The first kappa shape index (κ1) is 9.65. The third-order valence-corrected chi connectivity index (χ3v) is 3.89. The minimum absolute atomic E-state index is 0.290. The van der Waals surface area contributed by atoms with Crippen LogP contribution >= 0.6 is 11.5 Å². The van der Waals surface area contributed by atoms with Crippen LogP contribution in [-0.2, 0) is 5.41 Å². The molecule has 12 heavy (non-hydrogen) atoms. The fourth-order valence-corrected chi connectivity index (χ4v) is 2.28. The van der Waals surface area contributed by atoms with Crippen LogP contribution in [-0.4, -0.2) is 9.59 Å². The first-order chi connectivity index (χ1) is 5.64. The first-order valence-electron chi connectivity index (χ1n) is 4.43. The molecule has 0 bridgehead atoms. The molecule has 0 aliphatic heterocycles. The maximum absolute atomic E-state index is 4.05. The van der Waals surface area contributed by atoms with Gasteiger partial charge in [-0.25, -0.2) is 0 Å². The van der Waals surface area contributed by atoms with E-state index in [1.807, 2.05) is 6.92 Å². The van der Waals surface area contributed by atoms with Gasteiger partial charge in [0.1, 0.15) is 0 Å². The Balaban J connectivity index is 3.02. The van der Waals surface area contributed by atoms with Gasteiger partial charge in [0.05, 0.1) is 10.6 Å². The average Bonchev–Trinajstić information content (AvgIpc) is 2.51. The maximum atomic E-state index is 4.05. The molecule has 0 saturated heterocycles. The van der Waals surface area contributed by atoms with E-state index in [1.54, 1.807) is 11.5 Å². The van der Waals surface area contributed by atoms with E-state index < -0.39 is 0 Å². The molecule has 1 heterocycles. The van der Waals surface area contributed by atoms with E-state index in [4.69, 9.17) is 0 Å².